The van der Waals surface area contributed by atoms with Crippen LogP contribution in [0.4, 0.5) is 0 Å². The summed E-state index contributed by atoms with van der Waals surface area (Å²) in [7, 11) is -2.20. The summed E-state index contributed by atoms with van der Waals surface area (Å²) in [4.78, 5) is 28.9. The van der Waals surface area contributed by atoms with E-state index in [1.54, 1.807) is 13.8 Å². The van der Waals surface area contributed by atoms with E-state index in [0.717, 1.165) is 0 Å². The SMILES string of the molecule is CCS(CC)(CC(N)=O)P(=O)(O)O. The molecule has 0 bridgehead atoms. The van der Waals surface area contributed by atoms with Gasteiger partial charge in [0.2, 0.25) is 5.91 Å². The molecular formula is C6H16NO4PS. The van der Waals surface area contributed by atoms with Crippen LogP contribution in [0.25, 0.3) is 0 Å². The van der Waals surface area contributed by atoms with Crippen molar-refractivity contribution >= 4 is 22.4 Å². The Hall–Kier alpha value is -0.0300. The summed E-state index contributed by atoms with van der Waals surface area (Å²) in [6.07, 6.45) is 0. The molecule has 0 aromatic rings. The molecule has 0 rings (SSSR count). The number of hydrogen-bond acceptors (Lipinski definition) is 2. The van der Waals surface area contributed by atoms with Crippen molar-refractivity contribution in [2.75, 3.05) is 17.3 Å². The number of primary amides is 1. The summed E-state index contributed by atoms with van der Waals surface area (Å²) in [6, 6.07) is 0. The van der Waals surface area contributed by atoms with Gasteiger partial charge < -0.3 is 15.5 Å². The lowest BCUT2D eigenvalue weighted by molar-refractivity contribution is -0.115. The topological polar surface area (TPSA) is 101 Å². The first-order valence-electron chi connectivity index (χ1n) is 3.89. The van der Waals surface area contributed by atoms with Crippen molar-refractivity contribution in [3.8, 4) is 0 Å². The van der Waals surface area contributed by atoms with Crippen LogP contribution in [0.15, 0.2) is 0 Å². The van der Waals surface area contributed by atoms with E-state index in [9.17, 15) is 9.36 Å². The first-order chi connectivity index (χ1) is 5.79. The van der Waals surface area contributed by atoms with E-state index >= 15 is 0 Å². The summed E-state index contributed by atoms with van der Waals surface area (Å²) in [5.74, 6) is -0.153. The molecule has 13 heavy (non-hydrogen) atoms. The lowest BCUT2D eigenvalue weighted by Crippen LogP contribution is -2.23. The first-order valence-corrected chi connectivity index (χ1v) is 8.25. The maximum atomic E-state index is 11.2. The van der Waals surface area contributed by atoms with Crippen LogP contribution < -0.4 is 5.73 Å². The molecule has 0 aromatic heterocycles. The number of rotatable bonds is 5. The van der Waals surface area contributed by atoms with Gasteiger partial charge >= 0.3 is 6.80 Å². The van der Waals surface area contributed by atoms with Gasteiger partial charge in [0.25, 0.3) is 0 Å². The van der Waals surface area contributed by atoms with Crippen LogP contribution in [0.1, 0.15) is 13.8 Å². The molecule has 0 saturated carbocycles. The smallest absolute Gasteiger partial charge is 0.367 e. The Morgan fingerprint density at radius 1 is 1.38 bits per heavy atom. The molecular weight excluding hydrogens is 213 g/mol. The van der Waals surface area contributed by atoms with Crippen LogP contribution in [0.3, 0.4) is 0 Å². The van der Waals surface area contributed by atoms with Gasteiger partial charge in [0.1, 0.15) is 0 Å². The van der Waals surface area contributed by atoms with Crippen molar-refractivity contribution in [1.82, 2.24) is 0 Å². The molecule has 0 fully saturated rings. The van der Waals surface area contributed by atoms with E-state index in [0.29, 0.717) is 11.5 Å². The van der Waals surface area contributed by atoms with E-state index in [1.807, 2.05) is 0 Å². The van der Waals surface area contributed by atoms with Crippen molar-refractivity contribution in [2.45, 2.75) is 13.8 Å². The molecule has 0 saturated heterocycles. The summed E-state index contributed by atoms with van der Waals surface area (Å²) in [5.41, 5.74) is 4.96. The second-order valence-electron chi connectivity index (χ2n) is 2.68. The van der Waals surface area contributed by atoms with Gasteiger partial charge in [-0.25, -0.2) is 4.57 Å². The summed E-state index contributed by atoms with van der Waals surface area (Å²) in [5, 5.41) is 0. The van der Waals surface area contributed by atoms with Gasteiger partial charge in [-0.3, -0.25) is 4.79 Å². The number of hydrogen-bond donors (Lipinski definition) is 3. The molecule has 0 heterocycles. The Morgan fingerprint density at radius 3 is 1.85 bits per heavy atom. The largest absolute Gasteiger partial charge is 0.369 e. The molecule has 5 nitrogen and oxygen atoms in total. The summed E-state index contributed by atoms with van der Waals surface area (Å²) >= 11 is 0. The molecule has 0 unspecified atom stereocenters. The number of carbonyl (C=O) groups excluding carboxylic acids is 1. The number of carbonyl (C=O) groups is 1. The van der Waals surface area contributed by atoms with E-state index < -0.39 is 22.4 Å². The fourth-order valence-corrected chi connectivity index (χ4v) is 6.18. The molecule has 80 valence electrons. The lowest BCUT2D eigenvalue weighted by Gasteiger charge is -2.36. The van der Waals surface area contributed by atoms with Crippen LogP contribution in [0, 0.1) is 0 Å². The maximum absolute atomic E-state index is 11.2. The second kappa shape index (κ2) is 4.46. The fraction of sp³-hybridized carbons (Fsp3) is 0.833. The highest BCUT2D eigenvalue weighted by Gasteiger charge is 2.39. The fourth-order valence-electron chi connectivity index (χ4n) is 1.09. The minimum absolute atomic E-state index is 0.176. The zero-order valence-electron chi connectivity index (χ0n) is 7.77. The minimum atomic E-state index is -4.18. The van der Waals surface area contributed by atoms with Gasteiger partial charge in [0, 0.05) is 0 Å². The molecule has 4 N–H and O–H groups in total. The first kappa shape index (κ1) is 13.0. The van der Waals surface area contributed by atoms with Gasteiger partial charge in [-0.1, -0.05) is 13.8 Å². The predicted molar refractivity (Wildman–Crippen MR) is 54.8 cm³/mol. The average molecular weight is 229 g/mol. The molecule has 1 amide bonds. The molecule has 0 radical (unpaired) electrons. The average Bonchev–Trinajstić information content (AvgIpc) is 1.97. The zero-order valence-corrected chi connectivity index (χ0v) is 9.48. The van der Waals surface area contributed by atoms with E-state index in [-0.39, 0.29) is 5.75 Å². The molecule has 7 heteroatoms. The number of nitrogens with two attached hydrogens (primary N) is 1. The molecule has 0 atom stereocenters. The van der Waals surface area contributed by atoms with Gasteiger partial charge in [-0.2, -0.15) is 0 Å². The van der Waals surface area contributed by atoms with Crippen LogP contribution in [-0.2, 0) is 9.36 Å². The van der Waals surface area contributed by atoms with Crippen molar-refractivity contribution in [1.29, 1.82) is 0 Å². The molecule has 0 aliphatic heterocycles. The highest BCUT2D eigenvalue weighted by atomic mass is 32.8. The molecule has 0 aromatic carbocycles. The standard InChI is InChI=1S/C6H16NO4PS/c1-3-13(4-2,5-6(7)8)12(9,10)11/h3-5H2,1-2H3,(H2,7,8)(H2,9,10,11). The van der Waals surface area contributed by atoms with Crippen LogP contribution in [0.2, 0.25) is 0 Å². The van der Waals surface area contributed by atoms with Crippen LogP contribution >= 0.6 is 16.4 Å². The Bertz CT molecular complexity index is 235. The monoisotopic (exact) mass is 229 g/mol. The summed E-state index contributed by atoms with van der Waals surface area (Å²) in [6.45, 7) is -0.815. The van der Waals surface area contributed by atoms with Crippen molar-refractivity contribution in [2.24, 2.45) is 5.73 Å². The van der Waals surface area contributed by atoms with Crippen LogP contribution in [-0.4, -0.2) is 33.0 Å². The normalized spacial score (nSPS) is 14.2. The lowest BCUT2D eigenvalue weighted by atomic mass is 10.8. The van der Waals surface area contributed by atoms with Gasteiger partial charge in [-0.15, -0.1) is 9.65 Å². The van der Waals surface area contributed by atoms with Crippen molar-refractivity contribution in [3.05, 3.63) is 0 Å². The van der Waals surface area contributed by atoms with E-state index in [2.05, 4.69) is 0 Å². The zero-order chi connectivity index (χ0) is 10.7. The number of amides is 1. The minimum Gasteiger partial charge on any atom is -0.369 e. The van der Waals surface area contributed by atoms with Crippen molar-refractivity contribution in [3.63, 3.8) is 0 Å². The van der Waals surface area contributed by atoms with Crippen molar-refractivity contribution < 1.29 is 19.1 Å². The third-order valence-electron chi connectivity index (χ3n) is 1.99. The highest BCUT2D eigenvalue weighted by Crippen LogP contribution is 2.76. The molecule has 0 aliphatic carbocycles. The highest BCUT2D eigenvalue weighted by molar-refractivity contribution is 8.76. The maximum Gasteiger partial charge on any atom is 0.367 e. The Kier molecular flexibility index (Phi) is 4.45. The molecule has 0 spiro atoms. The Labute approximate surface area is 78.9 Å². The van der Waals surface area contributed by atoms with Gasteiger partial charge in [-0.05, 0) is 11.5 Å². The van der Waals surface area contributed by atoms with Gasteiger partial charge in [0.05, 0.1) is 5.75 Å². The Balaban J connectivity index is 4.92. The molecule has 0 aliphatic rings. The quantitative estimate of drug-likeness (QED) is 0.594. The Morgan fingerprint density at radius 2 is 1.77 bits per heavy atom. The summed E-state index contributed by atoms with van der Waals surface area (Å²) < 4.78 is 11.2. The predicted octanol–water partition coefficient (Wildman–Crippen LogP) is 0.409. The second-order valence-corrected chi connectivity index (χ2v) is 10.9. The van der Waals surface area contributed by atoms with E-state index in [4.69, 9.17) is 15.5 Å². The van der Waals surface area contributed by atoms with Gasteiger partial charge in [0.15, 0.2) is 0 Å². The van der Waals surface area contributed by atoms with Crippen LogP contribution in [0.5, 0.6) is 0 Å². The third-order valence-corrected chi connectivity index (χ3v) is 10.9. The van der Waals surface area contributed by atoms with E-state index in [1.165, 1.54) is 0 Å². The third kappa shape index (κ3) is 2.98.